The summed E-state index contributed by atoms with van der Waals surface area (Å²) in [5.41, 5.74) is 4.38. The van der Waals surface area contributed by atoms with Crippen LogP contribution in [-0.4, -0.2) is 32.9 Å². The van der Waals surface area contributed by atoms with E-state index in [9.17, 15) is 0 Å². The monoisotopic (exact) mass is 452 g/mol. The molecule has 3 aromatic carbocycles. The Hall–Kier alpha value is -2.89. The molecule has 32 heavy (non-hydrogen) atoms. The molecule has 1 aliphatic heterocycles. The van der Waals surface area contributed by atoms with Crippen LogP contribution >= 0.6 is 11.6 Å². The summed E-state index contributed by atoms with van der Waals surface area (Å²) in [6, 6.07) is 22.3. The average Bonchev–Trinajstić information content (AvgIpc) is 2.84. The lowest BCUT2D eigenvalue weighted by Crippen LogP contribution is -2.36. The van der Waals surface area contributed by atoms with Gasteiger partial charge in [0.15, 0.2) is 11.5 Å². The predicted octanol–water partition coefficient (Wildman–Crippen LogP) is 5.77. The van der Waals surface area contributed by atoms with E-state index in [1.54, 1.807) is 0 Å². The SMILES string of the molecule is CCOc1cc(CNc2ccc(N3CCOCC3)cc2)ccc1OCc1ccccc1Cl. The number of anilines is 2. The zero-order chi connectivity index (χ0) is 22.2. The Morgan fingerprint density at radius 1 is 0.938 bits per heavy atom. The van der Waals surface area contributed by atoms with Gasteiger partial charge in [-0.1, -0.05) is 35.9 Å². The normalized spacial score (nSPS) is 13.6. The number of nitrogens with one attached hydrogen (secondary N) is 1. The van der Waals surface area contributed by atoms with Crippen LogP contribution in [0.4, 0.5) is 11.4 Å². The number of morpholine rings is 1. The van der Waals surface area contributed by atoms with Gasteiger partial charge in [0.05, 0.1) is 19.8 Å². The lowest BCUT2D eigenvalue weighted by molar-refractivity contribution is 0.122. The molecule has 0 spiro atoms. The summed E-state index contributed by atoms with van der Waals surface area (Å²) >= 11 is 6.24. The molecule has 1 saturated heterocycles. The minimum Gasteiger partial charge on any atom is -0.490 e. The molecule has 0 atom stereocenters. The molecule has 1 N–H and O–H groups in total. The van der Waals surface area contributed by atoms with Crippen LogP contribution in [0.1, 0.15) is 18.1 Å². The number of halogens is 1. The highest BCUT2D eigenvalue weighted by atomic mass is 35.5. The summed E-state index contributed by atoms with van der Waals surface area (Å²) in [7, 11) is 0. The van der Waals surface area contributed by atoms with Crippen molar-refractivity contribution in [3.63, 3.8) is 0 Å². The summed E-state index contributed by atoms with van der Waals surface area (Å²) < 4.78 is 17.3. The van der Waals surface area contributed by atoms with Crippen LogP contribution in [0.25, 0.3) is 0 Å². The maximum absolute atomic E-state index is 6.24. The van der Waals surface area contributed by atoms with Crippen molar-refractivity contribution in [2.45, 2.75) is 20.1 Å². The number of hydrogen-bond donors (Lipinski definition) is 1. The molecule has 6 heteroatoms. The summed E-state index contributed by atoms with van der Waals surface area (Å²) in [6.45, 7) is 7.10. The molecule has 0 unspecified atom stereocenters. The van der Waals surface area contributed by atoms with Crippen molar-refractivity contribution in [2.75, 3.05) is 43.1 Å². The minimum atomic E-state index is 0.396. The van der Waals surface area contributed by atoms with E-state index >= 15 is 0 Å². The van der Waals surface area contributed by atoms with Gasteiger partial charge in [0, 0.05) is 41.6 Å². The van der Waals surface area contributed by atoms with E-state index in [-0.39, 0.29) is 0 Å². The Balaban J connectivity index is 1.37. The van der Waals surface area contributed by atoms with E-state index in [0.29, 0.717) is 30.5 Å². The van der Waals surface area contributed by atoms with Crippen LogP contribution in [0.2, 0.25) is 5.02 Å². The van der Waals surface area contributed by atoms with Crippen LogP contribution in [0.5, 0.6) is 11.5 Å². The Labute approximate surface area is 194 Å². The van der Waals surface area contributed by atoms with Gasteiger partial charge in [-0.3, -0.25) is 0 Å². The number of rotatable bonds is 9. The fraction of sp³-hybridized carbons (Fsp3) is 0.308. The van der Waals surface area contributed by atoms with Crippen molar-refractivity contribution in [3.05, 3.63) is 82.9 Å². The van der Waals surface area contributed by atoms with Crippen LogP contribution in [0.3, 0.4) is 0 Å². The van der Waals surface area contributed by atoms with Crippen molar-refractivity contribution in [1.29, 1.82) is 0 Å². The highest BCUT2D eigenvalue weighted by Gasteiger charge is 2.11. The van der Waals surface area contributed by atoms with Gasteiger partial charge < -0.3 is 24.4 Å². The molecule has 1 aliphatic rings. The van der Waals surface area contributed by atoms with Crippen LogP contribution in [0.15, 0.2) is 66.7 Å². The molecule has 0 radical (unpaired) electrons. The number of hydrogen-bond acceptors (Lipinski definition) is 5. The van der Waals surface area contributed by atoms with Gasteiger partial charge in [0.2, 0.25) is 0 Å². The first-order valence-corrected chi connectivity index (χ1v) is 11.4. The molecule has 0 saturated carbocycles. The highest BCUT2D eigenvalue weighted by Crippen LogP contribution is 2.30. The first kappa shape index (κ1) is 22.3. The molecule has 3 aromatic rings. The van der Waals surface area contributed by atoms with E-state index in [1.165, 1.54) is 5.69 Å². The van der Waals surface area contributed by atoms with E-state index in [0.717, 1.165) is 48.9 Å². The van der Waals surface area contributed by atoms with Crippen LogP contribution in [0, 0.1) is 0 Å². The number of benzene rings is 3. The summed E-state index contributed by atoms with van der Waals surface area (Å²) in [5, 5.41) is 4.19. The van der Waals surface area contributed by atoms with Gasteiger partial charge in [-0.25, -0.2) is 0 Å². The predicted molar refractivity (Wildman–Crippen MR) is 130 cm³/mol. The van der Waals surface area contributed by atoms with Gasteiger partial charge in [-0.2, -0.15) is 0 Å². The van der Waals surface area contributed by atoms with Gasteiger partial charge >= 0.3 is 0 Å². The van der Waals surface area contributed by atoms with E-state index in [4.69, 9.17) is 25.8 Å². The molecule has 0 amide bonds. The minimum absolute atomic E-state index is 0.396. The van der Waals surface area contributed by atoms with Crippen LogP contribution in [-0.2, 0) is 17.9 Å². The number of ether oxygens (including phenoxy) is 3. The Morgan fingerprint density at radius 3 is 2.47 bits per heavy atom. The zero-order valence-corrected chi connectivity index (χ0v) is 19.1. The first-order chi connectivity index (χ1) is 15.7. The van der Waals surface area contributed by atoms with Crippen LogP contribution < -0.4 is 19.7 Å². The summed E-state index contributed by atoms with van der Waals surface area (Å²) in [4.78, 5) is 2.35. The van der Waals surface area contributed by atoms with Crippen molar-refractivity contribution in [1.82, 2.24) is 0 Å². The third-order valence-electron chi connectivity index (χ3n) is 5.39. The molecule has 1 fully saturated rings. The topological polar surface area (TPSA) is 43.0 Å². The number of nitrogens with zero attached hydrogens (tertiary/aromatic N) is 1. The Kier molecular flexibility index (Phi) is 7.75. The van der Waals surface area contributed by atoms with Gasteiger partial charge in [-0.05, 0) is 55.0 Å². The molecule has 1 heterocycles. The molecule has 5 nitrogen and oxygen atoms in total. The van der Waals surface area contributed by atoms with Gasteiger partial charge in [-0.15, -0.1) is 0 Å². The molecule has 4 rings (SSSR count). The highest BCUT2D eigenvalue weighted by molar-refractivity contribution is 6.31. The third kappa shape index (κ3) is 5.87. The van der Waals surface area contributed by atoms with Gasteiger partial charge in [0.1, 0.15) is 6.61 Å². The van der Waals surface area contributed by atoms with E-state index in [2.05, 4.69) is 40.5 Å². The summed E-state index contributed by atoms with van der Waals surface area (Å²) in [6.07, 6.45) is 0. The fourth-order valence-electron chi connectivity index (χ4n) is 3.64. The van der Waals surface area contributed by atoms with Crippen molar-refractivity contribution in [3.8, 4) is 11.5 Å². The van der Waals surface area contributed by atoms with Gasteiger partial charge in [0.25, 0.3) is 0 Å². The second-order valence-electron chi connectivity index (χ2n) is 7.59. The second-order valence-corrected chi connectivity index (χ2v) is 8.00. The smallest absolute Gasteiger partial charge is 0.161 e. The lowest BCUT2D eigenvalue weighted by Gasteiger charge is -2.29. The van der Waals surface area contributed by atoms with E-state index in [1.807, 2.05) is 43.3 Å². The molecule has 0 aromatic heterocycles. The Morgan fingerprint density at radius 2 is 1.72 bits per heavy atom. The summed E-state index contributed by atoms with van der Waals surface area (Å²) in [5.74, 6) is 1.45. The zero-order valence-electron chi connectivity index (χ0n) is 18.4. The Bertz CT molecular complexity index is 1000. The average molecular weight is 453 g/mol. The maximum atomic E-state index is 6.24. The lowest BCUT2D eigenvalue weighted by atomic mass is 10.2. The largest absolute Gasteiger partial charge is 0.490 e. The van der Waals surface area contributed by atoms with Crippen molar-refractivity contribution < 1.29 is 14.2 Å². The fourth-order valence-corrected chi connectivity index (χ4v) is 3.83. The van der Waals surface area contributed by atoms with Crippen molar-refractivity contribution >= 4 is 23.0 Å². The molecule has 0 bridgehead atoms. The van der Waals surface area contributed by atoms with Crippen molar-refractivity contribution in [2.24, 2.45) is 0 Å². The molecule has 0 aliphatic carbocycles. The molecule has 168 valence electrons. The first-order valence-electron chi connectivity index (χ1n) is 11.0. The third-order valence-corrected chi connectivity index (χ3v) is 5.76. The molecular weight excluding hydrogens is 424 g/mol. The maximum Gasteiger partial charge on any atom is 0.161 e. The quantitative estimate of drug-likeness (QED) is 0.446. The van der Waals surface area contributed by atoms with E-state index < -0.39 is 0 Å². The standard InChI is InChI=1S/C26H29ClN2O3/c1-2-31-26-17-20(7-12-25(26)32-19-21-5-3-4-6-24(21)27)18-28-22-8-10-23(11-9-22)29-13-15-30-16-14-29/h3-12,17,28H,2,13-16,18-19H2,1H3. The molecular formula is C26H29ClN2O3. The second kappa shape index (κ2) is 11.1.